The van der Waals surface area contributed by atoms with Crippen LogP contribution in [0, 0.1) is 0 Å². The van der Waals surface area contributed by atoms with Gasteiger partial charge in [-0.2, -0.15) is 0 Å². The van der Waals surface area contributed by atoms with Gasteiger partial charge in [-0.05, 0) is 46.1 Å². The van der Waals surface area contributed by atoms with Crippen molar-refractivity contribution in [2.45, 2.75) is 12.8 Å². The van der Waals surface area contributed by atoms with Crippen molar-refractivity contribution in [1.29, 1.82) is 0 Å². The molecule has 0 saturated heterocycles. The number of rotatable bonds is 4. The third-order valence-electron chi connectivity index (χ3n) is 2.74. The molecule has 0 unspecified atom stereocenters. The summed E-state index contributed by atoms with van der Waals surface area (Å²) < 4.78 is 1.75. The van der Waals surface area contributed by atoms with E-state index in [1.54, 1.807) is 12.3 Å². The van der Waals surface area contributed by atoms with Crippen LogP contribution < -0.4 is 10.9 Å². The minimum atomic E-state index is -0.392. The van der Waals surface area contributed by atoms with Gasteiger partial charge in [-0.25, -0.2) is 0 Å². The lowest BCUT2D eigenvalue weighted by Gasteiger charge is -2.06. The highest BCUT2D eigenvalue weighted by atomic mass is 79.9. The summed E-state index contributed by atoms with van der Waals surface area (Å²) >= 11 is 6.62. The number of aromatic nitrogens is 1. The highest BCUT2D eigenvalue weighted by Gasteiger charge is 2.09. The molecular weight excluding hydrogens is 402 g/mol. The van der Waals surface area contributed by atoms with Crippen molar-refractivity contribution in [1.82, 2.24) is 15.8 Å². The summed E-state index contributed by atoms with van der Waals surface area (Å²) in [4.78, 5) is 26.2. The number of H-pyrrole nitrogens is 1. The minimum Gasteiger partial charge on any atom is -0.356 e. The number of nitrogens with one attached hydrogen (secondary N) is 3. The van der Waals surface area contributed by atoms with Crippen LogP contribution in [0.5, 0.6) is 0 Å². The summed E-state index contributed by atoms with van der Waals surface area (Å²) in [6.07, 6.45) is 2.55. The number of benzene rings is 1. The Morgan fingerprint density at radius 1 is 1.10 bits per heavy atom. The van der Waals surface area contributed by atoms with Crippen molar-refractivity contribution in [3.8, 4) is 0 Å². The van der Waals surface area contributed by atoms with E-state index in [-0.39, 0.29) is 5.91 Å². The van der Waals surface area contributed by atoms with E-state index in [1.807, 2.05) is 24.3 Å². The Labute approximate surface area is 138 Å². The SMILES string of the molecule is O=C(CCc1cccc(Br)c1)NNC(=O)c1cc(Br)c[nH]1. The molecule has 110 valence electrons. The average Bonchev–Trinajstić information content (AvgIpc) is 2.89. The van der Waals surface area contributed by atoms with E-state index in [0.717, 1.165) is 14.5 Å². The van der Waals surface area contributed by atoms with Gasteiger partial charge in [-0.15, -0.1) is 0 Å². The van der Waals surface area contributed by atoms with E-state index < -0.39 is 5.91 Å². The number of hydrazine groups is 1. The highest BCUT2D eigenvalue weighted by molar-refractivity contribution is 9.10. The van der Waals surface area contributed by atoms with Crippen LogP contribution >= 0.6 is 31.9 Å². The van der Waals surface area contributed by atoms with Crippen molar-refractivity contribution >= 4 is 43.7 Å². The number of hydrogen-bond acceptors (Lipinski definition) is 2. The summed E-state index contributed by atoms with van der Waals surface area (Å²) in [6.45, 7) is 0. The molecular formula is C14H13Br2N3O2. The van der Waals surface area contributed by atoms with Crippen LogP contribution in [0.2, 0.25) is 0 Å². The number of carbonyl (C=O) groups is 2. The molecule has 1 aromatic heterocycles. The Morgan fingerprint density at radius 2 is 1.90 bits per heavy atom. The average molecular weight is 415 g/mol. The van der Waals surface area contributed by atoms with Crippen molar-refractivity contribution in [3.05, 3.63) is 56.7 Å². The van der Waals surface area contributed by atoms with Gasteiger partial charge in [-0.1, -0.05) is 28.1 Å². The van der Waals surface area contributed by atoms with E-state index in [0.29, 0.717) is 18.5 Å². The summed E-state index contributed by atoms with van der Waals surface area (Å²) in [5, 5.41) is 0. The Kier molecular flexibility index (Phi) is 5.58. The van der Waals surface area contributed by atoms with Crippen LogP contribution in [0.1, 0.15) is 22.5 Å². The molecule has 1 aromatic carbocycles. The molecule has 0 radical (unpaired) electrons. The number of aromatic amines is 1. The third-order valence-corrected chi connectivity index (χ3v) is 3.69. The first kappa shape index (κ1) is 15.8. The van der Waals surface area contributed by atoms with E-state index >= 15 is 0 Å². The quantitative estimate of drug-likeness (QED) is 0.673. The number of amides is 2. The highest BCUT2D eigenvalue weighted by Crippen LogP contribution is 2.13. The molecule has 0 aliphatic heterocycles. The number of hydrogen-bond donors (Lipinski definition) is 3. The monoisotopic (exact) mass is 413 g/mol. The zero-order valence-electron chi connectivity index (χ0n) is 11.0. The van der Waals surface area contributed by atoms with E-state index in [1.165, 1.54) is 0 Å². The van der Waals surface area contributed by atoms with E-state index in [9.17, 15) is 9.59 Å². The standard InChI is InChI=1S/C14H13Br2N3O2/c15-10-3-1-2-9(6-10)4-5-13(20)18-19-14(21)12-7-11(16)8-17-12/h1-3,6-8,17H,4-5H2,(H,18,20)(H,19,21). The maximum absolute atomic E-state index is 11.7. The van der Waals surface area contributed by atoms with Crippen LogP contribution in [0.15, 0.2) is 45.5 Å². The molecule has 2 rings (SSSR count). The van der Waals surface area contributed by atoms with Crippen LogP contribution in [0.3, 0.4) is 0 Å². The van der Waals surface area contributed by atoms with Crippen LogP contribution in [-0.4, -0.2) is 16.8 Å². The number of carbonyl (C=O) groups excluding carboxylic acids is 2. The fourth-order valence-electron chi connectivity index (χ4n) is 1.71. The van der Waals surface area contributed by atoms with Crippen molar-refractivity contribution in [2.24, 2.45) is 0 Å². The van der Waals surface area contributed by atoms with Gasteiger partial charge in [0.2, 0.25) is 5.91 Å². The van der Waals surface area contributed by atoms with Crippen LogP contribution in [0.25, 0.3) is 0 Å². The fourth-order valence-corrected chi connectivity index (χ4v) is 2.50. The zero-order chi connectivity index (χ0) is 15.2. The van der Waals surface area contributed by atoms with Gasteiger partial charge in [0.05, 0.1) is 0 Å². The van der Waals surface area contributed by atoms with Gasteiger partial charge in [-0.3, -0.25) is 20.4 Å². The van der Waals surface area contributed by atoms with Crippen molar-refractivity contribution in [3.63, 3.8) is 0 Å². The first-order chi connectivity index (χ1) is 10.0. The molecule has 0 fully saturated rings. The topological polar surface area (TPSA) is 74.0 Å². The smallest absolute Gasteiger partial charge is 0.286 e. The lowest BCUT2D eigenvalue weighted by molar-refractivity contribution is -0.121. The Hall–Kier alpha value is -1.60. The summed E-state index contributed by atoms with van der Waals surface area (Å²) in [7, 11) is 0. The number of aryl methyl sites for hydroxylation is 1. The second-order valence-corrected chi connectivity index (χ2v) is 6.20. The number of halogens is 2. The second-order valence-electron chi connectivity index (χ2n) is 4.36. The molecule has 0 aliphatic rings. The Balaban J connectivity index is 1.76. The molecule has 2 amide bonds. The summed E-state index contributed by atoms with van der Waals surface area (Å²) in [5.74, 6) is -0.634. The Morgan fingerprint density at radius 3 is 2.57 bits per heavy atom. The van der Waals surface area contributed by atoms with Gasteiger partial charge in [0.15, 0.2) is 0 Å². The first-order valence-corrected chi connectivity index (χ1v) is 7.81. The molecule has 7 heteroatoms. The lowest BCUT2D eigenvalue weighted by atomic mass is 10.1. The normalized spacial score (nSPS) is 10.2. The van der Waals surface area contributed by atoms with Gasteiger partial charge in [0.25, 0.3) is 5.91 Å². The van der Waals surface area contributed by atoms with Crippen LogP contribution in [0.4, 0.5) is 0 Å². The minimum absolute atomic E-state index is 0.242. The second kappa shape index (κ2) is 7.42. The summed E-state index contributed by atoms with van der Waals surface area (Å²) in [6, 6.07) is 9.39. The van der Waals surface area contributed by atoms with Crippen molar-refractivity contribution in [2.75, 3.05) is 0 Å². The summed E-state index contributed by atoms with van der Waals surface area (Å²) in [5.41, 5.74) is 6.17. The lowest BCUT2D eigenvalue weighted by Crippen LogP contribution is -2.41. The van der Waals surface area contributed by atoms with Gasteiger partial charge < -0.3 is 4.98 Å². The van der Waals surface area contributed by atoms with Gasteiger partial charge >= 0.3 is 0 Å². The maximum atomic E-state index is 11.7. The molecule has 0 atom stereocenters. The largest absolute Gasteiger partial charge is 0.356 e. The van der Waals surface area contributed by atoms with E-state index in [4.69, 9.17) is 0 Å². The molecule has 1 heterocycles. The first-order valence-electron chi connectivity index (χ1n) is 6.22. The zero-order valence-corrected chi connectivity index (χ0v) is 14.1. The molecule has 5 nitrogen and oxygen atoms in total. The molecule has 0 aliphatic carbocycles. The Bertz CT molecular complexity index is 655. The predicted molar refractivity (Wildman–Crippen MR) is 86.6 cm³/mol. The third kappa shape index (κ3) is 5.02. The van der Waals surface area contributed by atoms with E-state index in [2.05, 4.69) is 47.7 Å². The van der Waals surface area contributed by atoms with Crippen molar-refractivity contribution < 1.29 is 9.59 Å². The molecule has 0 spiro atoms. The predicted octanol–water partition coefficient (Wildman–Crippen LogP) is 2.93. The van der Waals surface area contributed by atoms with Gasteiger partial charge in [0, 0.05) is 21.6 Å². The fraction of sp³-hybridized carbons (Fsp3) is 0.143. The molecule has 0 bridgehead atoms. The maximum Gasteiger partial charge on any atom is 0.286 e. The van der Waals surface area contributed by atoms with Crippen LogP contribution in [-0.2, 0) is 11.2 Å². The molecule has 2 aromatic rings. The molecule has 0 saturated carbocycles. The molecule has 3 N–H and O–H groups in total. The molecule has 21 heavy (non-hydrogen) atoms. The van der Waals surface area contributed by atoms with Gasteiger partial charge in [0.1, 0.15) is 5.69 Å².